The Morgan fingerprint density at radius 1 is 1.40 bits per heavy atom. The van der Waals surface area contributed by atoms with Gasteiger partial charge in [0, 0.05) is 11.6 Å². The van der Waals surface area contributed by atoms with Gasteiger partial charge in [-0.1, -0.05) is 23.5 Å². The van der Waals surface area contributed by atoms with E-state index in [1.54, 1.807) is 25.1 Å². The summed E-state index contributed by atoms with van der Waals surface area (Å²) in [6, 6.07) is 5.11. The monoisotopic (exact) mass is 289 g/mol. The number of amides is 1. The fourth-order valence-corrected chi connectivity index (χ4v) is 2.07. The molecule has 0 saturated heterocycles. The van der Waals surface area contributed by atoms with Crippen LogP contribution in [0.25, 0.3) is 6.08 Å². The number of carboxylic acids is 1. The normalized spacial score (nSPS) is 10.7. The van der Waals surface area contributed by atoms with Crippen LogP contribution >= 0.6 is 11.3 Å². The van der Waals surface area contributed by atoms with Crippen LogP contribution in [0.2, 0.25) is 0 Å². The van der Waals surface area contributed by atoms with Gasteiger partial charge in [-0.05, 0) is 30.2 Å². The maximum atomic E-state index is 12.1. The first-order chi connectivity index (χ1) is 9.58. The van der Waals surface area contributed by atoms with E-state index in [-0.39, 0.29) is 5.91 Å². The predicted octanol–water partition coefficient (Wildman–Crippen LogP) is 2.20. The number of carboxylic acid groups (broad SMARTS) is 1. The lowest BCUT2D eigenvalue weighted by atomic mass is 10.0. The summed E-state index contributed by atoms with van der Waals surface area (Å²) in [7, 11) is 0. The highest BCUT2D eigenvalue weighted by atomic mass is 32.1. The summed E-state index contributed by atoms with van der Waals surface area (Å²) in [4.78, 5) is 22.6. The number of benzene rings is 1. The van der Waals surface area contributed by atoms with E-state index in [0.29, 0.717) is 21.8 Å². The minimum absolute atomic E-state index is 0.301. The maximum Gasteiger partial charge on any atom is 0.328 e. The molecular weight excluding hydrogens is 278 g/mol. The van der Waals surface area contributed by atoms with Crippen molar-refractivity contribution < 1.29 is 14.7 Å². The van der Waals surface area contributed by atoms with Crippen molar-refractivity contribution in [1.82, 2.24) is 10.2 Å². The maximum absolute atomic E-state index is 12.1. The molecule has 0 aliphatic rings. The Kier molecular flexibility index (Phi) is 4.21. The number of rotatable bonds is 4. The molecule has 1 heterocycles. The van der Waals surface area contributed by atoms with Crippen LogP contribution in [0.1, 0.15) is 21.5 Å². The molecule has 0 bridgehead atoms. The van der Waals surface area contributed by atoms with E-state index in [0.717, 1.165) is 6.08 Å². The fraction of sp³-hybridized carbons (Fsp3) is 0.0769. The molecule has 6 nitrogen and oxygen atoms in total. The Labute approximate surface area is 118 Å². The van der Waals surface area contributed by atoms with Gasteiger partial charge in [0.15, 0.2) is 0 Å². The molecule has 0 spiro atoms. The van der Waals surface area contributed by atoms with E-state index in [2.05, 4.69) is 15.5 Å². The van der Waals surface area contributed by atoms with Crippen LogP contribution in [-0.2, 0) is 4.79 Å². The number of carbonyl (C=O) groups is 2. The number of carbonyl (C=O) groups excluding carboxylic acids is 1. The van der Waals surface area contributed by atoms with Gasteiger partial charge in [0.05, 0.1) is 0 Å². The Balaban J connectivity index is 2.26. The lowest BCUT2D eigenvalue weighted by molar-refractivity contribution is -0.131. The van der Waals surface area contributed by atoms with Gasteiger partial charge in [-0.25, -0.2) is 4.79 Å². The van der Waals surface area contributed by atoms with Crippen LogP contribution in [0.4, 0.5) is 5.13 Å². The summed E-state index contributed by atoms with van der Waals surface area (Å²) in [6.45, 7) is 1.76. The minimum atomic E-state index is -1.03. The average Bonchev–Trinajstić information content (AvgIpc) is 2.90. The minimum Gasteiger partial charge on any atom is -0.478 e. The molecule has 0 fully saturated rings. The van der Waals surface area contributed by atoms with Crippen molar-refractivity contribution in [3.63, 3.8) is 0 Å². The summed E-state index contributed by atoms with van der Waals surface area (Å²) in [6.07, 6.45) is 2.49. The third kappa shape index (κ3) is 3.27. The highest BCUT2D eigenvalue weighted by Gasteiger charge is 2.12. The van der Waals surface area contributed by atoms with E-state index < -0.39 is 5.97 Å². The van der Waals surface area contributed by atoms with Gasteiger partial charge < -0.3 is 5.11 Å². The van der Waals surface area contributed by atoms with Gasteiger partial charge in [0.25, 0.3) is 5.91 Å². The third-order valence-corrected chi connectivity index (χ3v) is 3.21. The van der Waals surface area contributed by atoms with E-state index in [4.69, 9.17) is 5.11 Å². The predicted molar refractivity (Wildman–Crippen MR) is 75.7 cm³/mol. The SMILES string of the molecule is Cc1c(C=CC(=O)O)cccc1C(=O)Nc1nncs1. The summed E-state index contributed by atoms with van der Waals surface area (Å²) in [5.41, 5.74) is 3.37. The summed E-state index contributed by atoms with van der Waals surface area (Å²) < 4.78 is 0. The average molecular weight is 289 g/mol. The topological polar surface area (TPSA) is 92.2 Å². The number of aliphatic carboxylic acids is 1. The number of aromatic nitrogens is 2. The fourth-order valence-electron chi connectivity index (χ4n) is 1.63. The van der Waals surface area contributed by atoms with E-state index in [1.165, 1.54) is 22.9 Å². The van der Waals surface area contributed by atoms with Gasteiger partial charge in [0.1, 0.15) is 5.51 Å². The highest BCUT2D eigenvalue weighted by molar-refractivity contribution is 7.13. The van der Waals surface area contributed by atoms with Gasteiger partial charge in [-0.2, -0.15) is 0 Å². The molecule has 0 radical (unpaired) electrons. The molecule has 0 saturated carbocycles. The van der Waals surface area contributed by atoms with Gasteiger partial charge >= 0.3 is 5.97 Å². The lowest BCUT2D eigenvalue weighted by Gasteiger charge is -2.07. The van der Waals surface area contributed by atoms with Crippen molar-refractivity contribution in [3.05, 3.63) is 46.5 Å². The molecule has 0 aliphatic heterocycles. The number of hydrogen-bond acceptors (Lipinski definition) is 5. The highest BCUT2D eigenvalue weighted by Crippen LogP contribution is 2.17. The van der Waals surface area contributed by atoms with E-state index >= 15 is 0 Å². The molecular formula is C13H11N3O3S. The number of anilines is 1. The van der Waals surface area contributed by atoms with Crippen molar-refractivity contribution in [2.24, 2.45) is 0 Å². The second kappa shape index (κ2) is 6.07. The van der Waals surface area contributed by atoms with Gasteiger partial charge in [-0.3, -0.25) is 10.1 Å². The summed E-state index contributed by atoms with van der Waals surface area (Å²) in [5.74, 6) is -1.34. The molecule has 2 aromatic rings. The molecule has 0 aliphatic carbocycles. The van der Waals surface area contributed by atoms with Crippen molar-refractivity contribution in [2.75, 3.05) is 5.32 Å². The quantitative estimate of drug-likeness (QED) is 0.842. The first-order valence-corrected chi connectivity index (χ1v) is 6.54. The third-order valence-electron chi connectivity index (χ3n) is 2.61. The first kappa shape index (κ1) is 13.9. The molecule has 102 valence electrons. The Bertz CT molecular complexity index is 666. The van der Waals surface area contributed by atoms with Crippen molar-refractivity contribution in [1.29, 1.82) is 0 Å². The molecule has 0 unspecified atom stereocenters. The van der Waals surface area contributed by atoms with Gasteiger partial charge in [0.2, 0.25) is 5.13 Å². The zero-order valence-electron chi connectivity index (χ0n) is 10.5. The van der Waals surface area contributed by atoms with Crippen LogP contribution < -0.4 is 5.32 Å². The Morgan fingerprint density at radius 3 is 2.85 bits per heavy atom. The van der Waals surface area contributed by atoms with Gasteiger partial charge in [-0.15, -0.1) is 10.2 Å². The summed E-state index contributed by atoms with van der Waals surface area (Å²) >= 11 is 1.22. The van der Waals surface area contributed by atoms with Crippen LogP contribution in [0.15, 0.2) is 29.8 Å². The van der Waals surface area contributed by atoms with Crippen LogP contribution in [0.3, 0.4) is 0 Å². The van der Waals surface area contributed by atoms with Crippen LogP contribution in [-0.4, -0.2) is 27.2 Å². The smallest absolute Gasteiger partial charge is 0.328 e. The molecule has 1 amide bonds. The molecule has 2 N–H and O–H groups in total. The lowest BCUT2D eigenvalue weighted by Crippen LogP contribution is -2.13. The largest absolute Gasteiger partial charge is 0.478 e. The molecule has 1 aromatic heterocycles. The standard InChI is InChI=1S/C13H11N3O3S/c1-8-9(5-6-11(17)18)3-2-4-10(8)12(19)15-13-16-14-7-20-13/h2-7H,1H3,(H,17,18)(H,15,16,19). The first-order valence-electron chi connectivity index (χ1n) is 5.66. The second-order valence-corrected chi connectivity index (χ2v) is 4.72. The molecule has 20 heavy (non-hydrogen) atoms. The summed E-state index contributed by atoms with van der Waals surface area (Å²) in [5, 5.41) is 19.1. The number of nitrogens with one attached hydrogen (secondary N) is 1. The zero-order chi connectivity index (χ0) is 14.5. The van der Waals surface area contributed by atoms with Crippen molar-refractivity contribution >= 4 is 34.4 Å². The number of hydrogen-bond donors (Lipinski definition) is 2. The second-order valence-electron chi connectivity index (χ2n) is 3.89. The molecule has 2 rings (SSSR count). The Hall–Kier alpha value is -2.54. The molecule has 1 aromatic carbocycles. The molecule has 7 heteroatoms. The number of nitrogens with zero attached hydrogens (tertiary/aromatic N) is 2. The Morgan fingerprint density at radius 2 is 2.20 bits per heavy atom. The zero-order valence-corrected chi connectivity index (χ0v) is 11.3. The van der Waals surface area contributed by atoms with Crippen LogP contribution in [0.5, 0.6) is 0 Å². The van der Waals surface area contributed by atoms with Crippen molar-refractivity contribution in [2.45, 2.75) is 6.92 Å². The molecule has 0 atom stereocenters. The van der Waals surface area contributed by atoms with E-state index in [9.17, 15) is 9.59 Å². The van der Waals surface area contributed by atoms with Crippen molar-refractivity contribution in [3.8, 4) is 0 Å². The van der Waals surface area contributed by atoms with E-state index in [1.807, 2.05) is 0 Å². The van der Waals surface area contributed by atoms with Crippen LogP contribution in [0, 0.1) is 6.92 Å².